The fourth-order valence-corrected chi connectivity index (χ4v) is 3.26. The van der Waals surface area contributed by atoms with E-state index in [1.165, 1.54) is 6.42 Å². The van der Waals surface area contributed by atoms with Gasteiger partial charge >= 0.3 is 5.97 Å². The van der Waals surface area contributed by atoms with E-state index >= 15 is 0 Å². The number of nitrogens with one attached hydrogen (secondary N) is 1. The summed E-state index contributed by atoms with van der Waals surface area (Å²) in [5, 5.41) is 12.6. The zero-order valence-electron chi connectivity index (χ0n) is 9.16. The Balaban J connectivity index is 2.02. The molecule has 0 radical (unpaired) electrons. The molecule has 2 saturated carbocycles. The highest BCUT2D eigenvalue weighted by Crippen LogP contribution is 2.50. The minimum Gasteiger partial charge on any atom is -0.480 e. The van der Waals surface area contributed by atoms with Crippen LogP contribution in [-0.2, 0) is 9.53 Å². The Morgan fingerprint density at radius 3 is 2.87 bits per heavy atom. The van der Waals surface area contributed by atoms with Crippen molar-refractivity contribution < 1.29 is 14.6 Å². The number of fused-ring (bicyclic) bond motifs is 2. The lowest BCUT2D eigenvalue weighted by atomic mass is 9.81. The van der Waals surface area contributed by atoms with Gasteiger partial charge in [-0.3, -0.25) is 10.1 Å². The maximum atomic E-state index is 11.4. The first-order valence-electron chi connectivity index (χ1n) is 5.66. The van der Waals surface area contributed by atoms with Crippen LogP contribution in [0.15, 0.2) is 0 Å². The van der Waals surface area contributed by atoms with Crippen molar-refractivity contribution in [3.63, 3.8) is 0 Å². The van der Waals surface area contributed by atoms with Crippen molar-refractivity contribution in [2.24, 2.45) is 11.8 Å². The van der Waals surface area contributed by atoms with Gasteiger partial charge in [-0.25, -0.2) is 0 Å². The van der Waals surface area contributed by atoms with Gasteiger partial charge in [0.15, 0.2) is 0 Å². The van der Waals surface area contributed by atoms with Gasteiger partial charge in [-0.15, -0.1) is 0 Å². The number of carbonyl (C=O) groups is 1. The molecule has 4 heteroatoms. The third-order valence-corrected chi connectivity index (χ3v) is 3.98. The van der Waals surface area contributed by atoms with E-state index in [-0.39, 0.29) is 0 Å². The number of aliphatic carboxylic acids is 1. The zero-order chi connectivity index (χ0) is 10.9. The Kier molecular flexibility index (Phi) is 2.98. The molecule has 15 heavy (non-hydrogen) atoms. The van der Waals surface area contributed by atoms with Crippen LogP contribution in [0.4, 0.5) is 0 Å². The summed E-state index contributed by atoms with van der Waals surface area (Å²) in [6.45, 7) is 1.21. The van der Waals surface area contributed by atoms with E-state index in [0.717, 1.165) is 19.3 Å². The molecule has 0 saturated heterocycles. The van der Waals surface area contributed by atoms with E-state index in [0.29, 0.717) is 25.0 Å². The average Bonchev–Trinajstić information content (AvgIpc) is 2.78. The van der Waals surface area contributed by atoms with Crippen molar-refractivity contribution >= 4 is 5.97 Å². The van der Waals surface area contributed by atoms with Gasteiger partial charge < -0.3 is 9.84 Å². The molecule has 2 aliphatic rings. The van der Waals surface area contributed by atoms with Crippen LogP contribution in [0.1, 0.15) is 25.7 Å². The standard InChI is InChI=1S/C11H19NO3/c1-15-5-4-12-11(10(13)14)7-8-2-3-9(11)6-8/h8-9,12H,2-7H2,1H3,(H,13,14). The SMILES string of the molecule is COCCNC1(C(=O)O)CC2CCC1C2. The van der Waals surface area contributed by atoms with Crippen LogP contribution in [0, 0.1) is 11.8 Å². The van der Waals surface area contributed by atoms with Crippen LogP contribution in [0.3, 0.4) is 0 Å². The molecule has 0 amide bonds. The third-order valence-electron chi connectivity index (χ3n) is 3.98. The van der Waals surface area contributed by atoms with Gasteiger partial charge in [0, 0.05) is 13.7 Å². The van der Waals surface area contributed by atoms with Gasteiger partial charge in [-0.1, -0.05) is 6.42 Å². The topological polar surface area (TPSA) is 58.6 Å². The minimum atomic E-state index is -0.675. The van der Waals surface area contributed by atoms with Crippen LogP contribution in [0.25, 0.3) is 0 Å². The molecule has 2 rings (SSSR count). The lowest BCUT2D eigenvalue weighted by molar-refractivity contribution is -0.147. The predicted octanol–water partition coefficient (Wildman–Crippen LogP) is 0.866. The number of hydrogen-bond donors (Lipinski definition) is 2. The number of rotatable bonds is 5. The molecule has 4 nitrogen and oxygen atoms in total. The van der Waals surface area contributed by atoms with Gasteiger partial charge in [0.2, 0.25) is 0 Å². The maximum Gasteiger partial charge on any atom is 0.324 e. The molecule has 3 atom stereocenters. The Morgan fingerprint density at radius 2 is 2.40 bits per heavy atom. The van der Waals surface area contributed by atoms with Gasteiger partial charge in [0.25, 0.3) is 0 Å². The molecule has 86 valence electrons. The summed E-state index contributed by atoms with van der Waals surface area (Å²) in [7, 11) is 1.63. The van der Waals surface area contributed by atoms with Gasteiger partial charge in [-0.2, -0.15) is 0 Å². The number of ether oxygens (including phenoxy) is 1. The van der Waals surface area contributed by atoms with Crippen LogP contribution in [0.2, 0.25) is 0 Å². The molecule has 0 aromatic carbocycles. The molecule has 2 N–H and O–H groups in total. The van der Waals surface area contributed by atoms with E-state index in [4.69, 9.17) is 4.74 Å². The largest absolute Gasteiger partial charge is 0.480 e. The Bertz CT molecular complexity index is 256. The highest BCUT2D eigenvalue weighted by atomic mass is 16.5. The predicted molar refractivity (Wildman–Crippen MR) is 55.7 cm³/mol. The lowest BCUT2D eigenvalue weighted by Gasteiger charge is -2.34. The summed E-state index contributed by atoms with van der Waals surface area (Å²) in [6.07, 6.45) is 4.17. The number of methoxy groups -OCH3 is 1. The Labute approximate surface area is 90.0 Å². The molecule has 2 fully saturated rings. The quantitative estimate of drug-likeness (QED) is 0.665. The second-order valence-corrected chi connectivity index (χ2v) is 4.78. The van der Waals surface area contributed by atoms with Gasteiger partial charge in [0.05, 0.1) is 6.61 Å². The second-order valence-electron chi connectivity index (χ2n) is 4.78. The second kappa shape index (κ2) is 4.10. The first kappa shape index (κ1) is 10.9. The van der Waals surface area contributed by atoms with E-state index in [1.807, 2.05) is 0 Å². The van der Waals surface area contributed by atoms with Crippen molar-refractivity contribution in [2.75, 3.05) is 20.3 Å². The van der Waals surface area contributed by atoms with E-state index in [1.54, 1.807) is 7.11 Å². The first-order chi connectivity index (χ1) is 7.19. The van der Waals surface area contributed by atoms with Gasteiger partial charge in [-0.05, 0) is 31.1 Å². The summed E-state index contributed by atoms with van der Waals surface area (Å²) in [6, 6.07) is 0. The van der Waals surface area contributed by atoms with Crippen LogP contribution < -0.4 is 5.32 Å². The summed E-state index contributed by atoms with van der Waals surface area (Å²) >= 11 is 0. The molecule has 0 aromatic rings. The summed E-state index contributed by atoms with van der Waals surface area (Å²) in [5.74, 6) is 0.281. The highest BCUT2D eigenvalue weighted by Gasteiger charge is 2.55. The minimum absolute atomic E-state index is 0.330. The van der Waals surface area contributed by atoms with Crippen LogP contribution >= 0.6 is 0 Å². The molecule has 0 heterocycles. The Hall–Kier alpha value is -0.610. The van der Waals surface area contributed by atoms with E-state index in [2.05, 4.69) is 5.32 Å². The third kappa shape index (κ3) is 1.76. The smallest absolute Gasteiger partial charge is 0.324 e. The maximum absolute atomic E-state index is 11.4. The normalized spacial score (nSPS) is 38.5. The van der Waals surface area contributed by atoms with Crippen molar-refractivity contribution in [1.82, 2.24) is 5.32 Å². The number of carboxylic acids is 1. The highest BCUT2D eigenvalue weighted by molar-refractivity contribution is 5.80. The molecule has 2 aliphatic carbocycles. The molecule has 0 aromatic heterocycles. The van der Waals surface area contributed by atoms with Crippen molar-refractivity contribution in [3.05, 3.63) is 0 Å². The van der Waals surface area contributed by atoms with E-state index in [9.17, 15) is 9.90 Å². The fourth-order valence-electron chi connectivity index (χ4n) is 3.26. The van der Waals surface area contributed by atoms with Crippen LogP contribution in [0.5, 0.6) is 0 Å². The summed E-state index contributed by atoms with van der Waals surface area (Å²) in [5.41, 5.74) is -0.651. The lowest BCUT2D eigenvalue weighted by Crippen LogP contribution is -2.56. The molecule has 0 spiro atoms. The summed E-state index contributed by atoms with van der Waals surface area (Å²) in [4.78, 5) is 11.4. The fraction of sp³-hybridized carbons (Fsp3) is 0.909. The average molecular weight is 213 g/mol. The van der Waals surface area contributed by atoms with Crippen LogP contribution in [-0.4, -0.2) is 36.9 Å². The Morgan fingerprint density at radius 1 is 1.60 bits per heavy atom. The van der Waals surface area contributed by atoms with Gasteiger partial charge in [0.1, 0.15) is 5.54 Å². The molecular formula is C11H19NO3. The molecule has 2 bridgehead atoms. The number of carboxylic acid groups (broad SMARTS) is 1. The van der Waals surface area contributed by atoms with Crippen molar-refractivity contribution in [3.8, 4) is 0 Å². The summed E-state index contributed by atoms with van der Waals surface area (Å²) < 4.78 is 4.95. The van der Waals surface area contributed by atoms with Crippen molar-refractivity contribution in [1.29, 1.82) is 0 Å². The molecule has 0 aliphatic heterocycles. The first-order valence-corrected chi connectivity index (χ1v) is 5.66. The number of hydrogen-bond acceptors (Lipinski definition) is 3. The monoisotopic (exact) mass is 213 g/mol. The van der Waals surface area contributed by atoms with Crippen molar-refractivity contribution in [2.45, 2.75) is 31.2 Å². The van der Waals surface area contributed by atoms with E-state index < -0.39 is 11.5 Å². The zero-order valence-corrected chi connectivity index (χ0v) is 9.16. The molecular weight excluding hydrogens is 194 g/mol. The molecule has 3 unspecified atom stereocenters.